The number of nitrogens with zero attached hydrogens (tertiary/aromatic N) is 3. The number of aryl methyl sites for hydroxylation is 1. The first-order valence-electron chi connectivity index (χ1n) is 10.9. The van der Waals surface area contributed by atoms with Gasteiger partial charge in [-0.1, -0.05) is 36.4 Å². The number of nitro benzene ring substituents is 1. The highest BCUT2D eigenvalue weighted by atomic mass is 16.6. The molecule has 1 heterocycles. The van der Waals surface area contributed by atoms with Crippen molar-refractivity contribution in [2.75, 3.05) is 24.9 Å². The number of ether oxygens (including phenoxy) is 2. The van der Waals surface area contributed by atoms with Crippen LogP contribution in [0.2, 0.25) is 0 Å². The molecule has 4 rings (SSSR count). The zero-order valence-corrected chi connectivity index (χ0v) is 19.8. The van der Waals surface area contributed by atoms with E-state index in [1.165, 1.54) is 20.3 Å². The second-order valence-corrected chi connectivity index (χ2v) is 7.69. The van der Waals surface area contributed by atoms with Crippen LogP contribution < -0.4 is 20.1 Å². The molecule has 0 saturated carbocycles. The van der Waals surface area contributed by atoms with E-state index in [9.17, 15) is 14.9 Å². The molecule has 1 aromatic heterocycles. The maximum atomic E-state index is 13.0. The summed E-state index contributed by atoms with van der Waals surface area (Å²) in [5, 5.41) is 17.5. The quantitative estimate of drug-likeness (QED) is 0.252. The Kier molecular flexibility index (Phi) is 7.05. The number of carbonyl (C=O) groups excluding carboxylic acids is 1. The minimum absolute atomic E-state index is 0.155. The molecule has 0 aliphatic carbocycles. The van der Waals surface area contributed by atoms with E-state index in [0.717, 1.165) is 17.3 Å². The van der Waals surface area contributed by atoms with Crippen molar-refractivity contribution in [3.63, 3.8) is 0 Å². The number of hydrogen-bond acceptors (Lipinski definition) is 8. The van der Waals surface area contributed by atoms with Crippen molar-refractivity contribution >= 4 is 28.8 Å². The molecule has 182 valence electrons. The van der Waals surface area contributed by atoms with Gasteiger partial charge < -0.3 is 20.1 Å². The Hall–Kier alpha value is -4.99. The summed E-state index contributed by atoms with van der Waals surface area (Å²) in [6, 6.07) is 21.0. The topological polar surface area (TPSA) is 129 Å². The second kappa shape index (κ2) is 10.5. The minimum Gasteiger partial charge on any atom is -0.493 e. The Morgan fingerprint density at radius 3 is 2.28 bits per heavy atom. The van der Waals surface area contributed by atoms with Gasteiger partial charge in [-0.2, -0.15) is 0 Å². The summed E-state index contributed by atoms with van der Waals surface area (Å²) in [4.78, 5) is 32.8. The zero-order chi connectivity index (χ0) is 25.7. The van der Waals surface area contributed by atoms with Crippen LogP contribution in [-0.4, -0.2) is 35.0 Å². The molecule has 0 bridgehead atoms. The van der Waals surface area contributed by atoms with E-state index in [1.807, 2.05) is 49.4 Å². The monoisotopic (exact) mass is 485 g/mol. The van der Waals surface area contributed by atoms with Crippen molar-refractivity contribution in [2.24, 2.45) is 0 Å². The molecule has 0 unspecified atom stereocenters. The molecule has 1 amide bonds. The van der Waals surface area contributed by atoms with Gasteiger partial charge in [-0.15, -0.1) is 0 Å². The average Bonchev–Trinajstić information content (AvgIpc) is 2.88. The molecule has 4 aromatic rings. The average molecular weight is 486 g/mol. The van der Waals surface area contributed by atoms with E-state index in [1.54, 1.807) is 18.2 Å². The summed E-state index contributed by atoms with van der Waals surface area (Å²) in [5.41, 5.74) is 2.27. The predicted molar refractivity (Wildman–Crippen MR) is 136 cm³/mol. The lowest BCUT2D eigenvalue weighted by Gasteiger charge is -2.12. The number of hydrogen-bond donors (Lipinski definition) is 2. The van der Waals surface area contributed by atoms with Gasteiger partial charge in [0.25, 0.3) is 11.6 Å². The Bertz CT molecular complexity index is 1430. The number of methoxy groups -OCH3 is 2. The Morgan fingerprint density at radius 2 is 1.58 bits per heavy atom. The zero-order valence-electron chi connectivity index (χ0n) is 19.8. The van der Waals surface area contributed by atoms with Crippen LogP contribution in [0.4, 0.5) is 22.9 Å². The molecule has 0 radical (unpaired) electrons. The van der Waals surface area contributed by atoms with Crippen molar-refractivity contribution in [1.29, 1.82) is 0 Å². The summed E-state index contributed by atoms with van der Waals surface area (Å²) in [6.07, 6.45) is 0. The molecule has 0 atom stereocenters. The number of amides is 1. The molecule has 0 fully saturated rings. The standard InChI is InChI=1S/C26H23N5O5/c1-16-27-21(17-8-5-4-6-9-17)14-25(28-16)29-18-10-7-11-19(12-18)30-26(32)20-13-23(35-2)24(36-3)15-22(20)31(33)34/h4-15H,1-3H3,(H,30,32)(H,27,28,29). The maximum absolute atomic E-state index is 13.0. The lowest BCUT2D eigenvalue weighted by Crippen LogP contribution is -2.14. The summed E-state index contributed by atoms with van der Waals surface area (Å²) < 4.78 is 10.3. The van der Waals surface area contributed by atoms with Crippen molar-refractivity contribution < 1.29 is 19.2 Å². The number of nitro groups is 1. The van der Waals surface area contributed by atoms with Crippen LogP contribution in [0, 0.1) is 17.0 Å². The fourth-order valence-corrected chi connectivity index (χ4v) is 3.61. The normalized spacial score (nSPS) is 10.4. The Balaban J connectivity index is 1.58. The van der Waals surface area contributed by atoms with Crippen LogP contribution in [0.5, 0.6) is 11.5 Å². The van der Waals surface area contributed by atoms with Crippen LogP contribution in [0.15, 0.2) is 72.8 Å². The van der Waals surface area contributed by atoms with Crippen molar-refractivity contribution in [3.05, 3.63) is 94.3 Å². The summed E-state index contributed by atoms with van der Waals surface area (Å²) in [7, 11) is 2.75. The van der Waals surface area contributed by atoms with Crippen molar-refractivity contribution in [3.8, 4) is 22.8 Å². The van der Waals surface area contributed by atoms with Crippen LogP contribution in [0.25, 0.3) is 11.3 Å². The van der Waals surface area contributed by atoms with Gasteiger partial charge in [0.05, 0.1) is 30.9 Å². The number of anilines is 3. The number of carbonyl (C=O) groups is 1. The van der Waals surface area contributed by atoms with E-state index in [-0.39, 0.29) is 17.1 Å². The first kappa shape index (κ1) is 24.1. The third-order valence-corrected chi connectivity index (χ3v) is 5.24. The summed E-state index contributed by atoms with van der Waals surface area (Å²) in [5.74, 6) is 0.882. The van der Waals surface area contributed by atoms with Crippen LogP contribution in [0.1, 0.15) is 16.2 Å². The fourth-order valence-electron chi connectivity index (χ4n) is 3.61. The molecule has 36 heavy (non-hydrogen) atoms. The third kappa shape index (κ3) is 5.39. The predicted octanol–water partition coefficient (Wildman–Crippen LogP) is 5.37. The number of nitrogens with one attached hydrogen (secondary N) is 2. The third-order valence-electron chi connectivity index (χ3n) is 5.24. The van der Waals surface area contributed by atoms with Gasteiger partial charge in [0.1, 0.15) is 17.2 Å². The lowest BCUT2D eigenvalue weighted by atomic mass is 10.1. The SMILES string of the molecule is COc1cc(C(=O)Nc2cccc(Nc3cc(-c4ccccc4)nc(C)n3)c2)c([N+](=O)[O-])cc1OC. The van der Waals surface area contributed by atoms with E-state index in [0.29, 0.717) is 23.0 Å². The molecular weight excluding hydrogens is 462 g/mol. The smallest absolute Gasteiger partial charge is 0.286 e. The highest BCUT2D eigenvalue weighted by Gasteiger charge is 2.24. The first-order valence-corrected chi connectivity index (χ1v) is 10.9. The van der Waals surface area contributed by atoms with Gasteiger partial charge in [0.15, 0.2) is 11.5 Å². The summed E-state index contributed by atoms with van der Waals surface area (Å²) >= 11 is 0. The number of rotatable bonds is 8. The van der Waals surface area contributed by atoms with Gasteiger partial charge in [-0.3, -0.25) is 14.9 Å². The van der Waals surface area contributed by atoms with Gasteiger partial charge >= 0.3 is 0 Å². The van der Waals surface area contributed by atoms with Gasteiger partial charge in [0.2, 0.25) is 0 Å². The molecule has 10 nitrogen and oxygen atoms in total. The van der Waals surface area contributed by atoms with Gasteiger partial charge in [-0.05, 0) is 25.1 Å². The van der Waals surface area contributed by atoms with Crippen LogP contribution >= 0.6 is 0 Å². The molecule has 2 N–H and O–H groups in total. The Labute approximate surface area is 207 Å². The van der Waals surface area contributed by atoms with Crippen molar-refractivity contribution in [2.45, 2.75) is 6.92 Å². The second-order valence-electron chi connectivity index (χ2n) is 7.69. The highest BCUT2D eigenvalue weighted by molar-refractivity contribution is 6.07. The first-order chi connectivity index (χ1) is 17.4. The lowest BCUT2D eigenvalue weighted by molar-refractivity contribution is -0.385. The van der Waals surface area contributed by atoms with Gasteiger partial charge in [0, 0.05) is 29.1 Å². The van der Waals surface area contributed by atoms with E-state index < -0.39 is 16.5 Å². The maximum Gasteiger partial charge on any atom is 0.286 e. The highest BCUT2D eigenvalue weighted by Crippen LogP contribution is 2.35. The fraction of sp³-hybridized carbons (Fsp3) is 0.115. The number of benzene rings is 3. The molecule has 10 heteroatoms. The largest absolute Gasteiger partial charge is 0.493 e. The Morgan fingerprint density at radius 1 is 0.889 bits per heavy atom. The van der Waals surface area contributed by atoms with Crippen LogP contribution in [-0.2, 0) is 0 Å². The molecule has 0 aliphatic rings. The molecule has 0 aliphatic heterocycles. The van der Waals surface area contributed by atoms with Gasteiger partial charge in [-0.25, -0.2) is 9.97 Å². The van der Waals surface area contributed by atoms with E-state index >= 15 is 0 Å². The molecule has 0 saturated heterocycles. The van der Waals surface area contributed by atoms with E-state index in [4.69, 9.17) is 9.47 Å². The van der Waals surface area contributed by atoms with E-state index in [2.05, 4.69) is 20.6 Å². The summed E-state index contributed by atoms with van der Waals surface area (Å²) in [6.45, 7) is 1.81. The molecule has 3 aromatic carbocycles. The van der Waals surface area contributed by atoms with Crippen molar-refractivity contribution in [1.82, 2.24) is 9.97 Å². The minimum atomic E-state index is -0.663. The molecular formula is C26H23N5O5. The van der Waals surface area contributed by atoms with Crippen LogP contribution in [0.3, 0.4) is 0 Å². The number of aromatic nitrogens is 2. The molecule has 0 spiro atoms.